The molecule has 1 aliphatic carbocycles. The number of nitrogens with zero attached hydrogens (tertiary/aromatic N) is 2. The topological polar surface area (TPSA) is 110 Å². The molecule has 43 heavy (non-hydrogen) atoms. The van der Waals surface area contributed by atoms with Crippen LogP contribution in [0.15, 0.2) is 48.5 Å². The Balaban J connectivity index is 1.43. The molecule has 2 aliphatic heterocycles. The summed E-state index contributed by atoms with van der Waals surface area (Å²) in [5.41, 5.74) is 2.41. The van der Waals surface area contributed by atoms with E-state index in [1.165, 1.54) is 27.4 Å². The number of methoxy groups -OCH3 is 3. The molecule has 0 bridgehead atoms. The van der Waals surface area contributed by atoms with Gasteiger partial charge in [-0.3, -0.25) is 4.79 Å². The number of carbonyl (C=O) groups excluding carboxylic acids is 1. The highest BCUT2D eigenvalue weighted by molar-refractivity contribution is 5.82. The van der Waals surface area contributed by atoms with Gasteiger partial charge in [0.1, 0.15) is 5.82 Å². The third-order valence-corrected chi connectivity index (χ3v) is 8.78. The first-order valence-corrected chi connectivity index (χ1v) is 14.2. The number of fused-ring (bicyclic) bond motifs is 2. The zero-order valence-electron chi connectivity index (χ0n) is 24.3. The van der Waals surface area contributed by atoms with Gasteiger partial charge in [-0.15, -0.1) is 0 Å². The number of halogens is 1. The fourth-order valence-corrected chi connectivity index (χ4v) is 6.66. The first-order chi connectivity index (χ1) is 20.9. The van der Waals surface area contributed by atoms with Crippen LogP contribution >= 0.6 is 0 Å². The summed E-state index contributed by atoms with van der Waals surface area (Å²) in [6.07, 6.45) is -1.14. The molecule has 0 saturated carbocycles. The van der Waals surface area contributed by atoms with Crippen molar-refractivity contribution in [2.75, 3.05) is 65.8 Å². The number of anilines is 1. The third-order valence-electron chi connectivity index (χ3n) is 8.78. The number of amides is 1. The van der Waals surface area contributed by atoms with Gasteiger partial charge in [0.05, 0.1) is 39.0 Å². The molecule has 10 nitrogen and oxygen atoms in total. The Kier molecular flexibility index (Phi) is 7.93. The number of hydrogen-bond acceptors (Lipinski definition) is 9. The molecule has 2 heterocycles. The maximum Gasteiger partial charge on any atom is 0.231 e. The van der Waals surface area contributed by atoms with Crippen LogP contribution in [0.5, 0.6) is 28.7 Å². The molecule has 4 unspecified atom stereocenters. The molecule has 6 rings (SSSR count). The molecule has 2 N–H and O–H groups in total. The average molecular weight is 595 g/mol. The van der Waals surface area contributed by atoms with Gasteiger partial charge >= 0.3 is 0 Å². The summed E-state index contributed by atoms with van der Waals surface area (Å²) in [5.74, 6) is -0.583. The van der Waals surface area contributed by atoms with E-state index in [0.29, 0.717) is 77.3 Å². The summed E-state index contributed by atoms with van der Waals surface area (Å²) in [6.45, 7) is 1.20. The Morgan fingerprint density at radius 1 is 0.930 bits per heavy atom. The summed E-state index contributed by atoms with van der Waals surface area (Å²) in [4.78, 5) is 18.2. The quantitative estimate of drug-likeness (QED) is 0.426. The Labute approximate surface area is 249 Å². The number of para-hydroxylation sites is 1. The first-order valence-electron chi connectivity index (χ1n) is 14.2. The lowest BCUT2D eigenvalue weighted by molar-refractivity contribution is -0.142. The minimum absolute atomic E-state index is 0.0429. The Bertz CT molecular complexity index is 1480. The lowest BCUT2D eigenvalue weighted by Gasteiger charge is -2.45. The minimum atomic E-state index is -1.14. The number of rotatable bonds is 7. The number of piperazine rings is 1. The summed E-state index contributed by atoms with van der Waals surface area (Å²) in [6, 6.07) is 13.7. The van der Waals surface area contributed by atoms with Crippen molar-refractivity contribution in [1.82, 2.24) is 4.90 Å². The van der Waals surface area contributed by atoms with Gasteiger partial charge in [0.15, 0.2) is 23.0 Å². The van der Waals surface area contributed by atoms with Crippen LogP contribution in [0, 0.1) is 17.7 Å². The molecule has 4 atom stereocenters. The molecule has 1 amide bonds. The van der Waals surface area contributed by atoms with Crippen molar-refractivity contribution in [3.63, 3.8) is 0 Å². The van der Waals surface area contributed by atoms with Crippen molar-refractivity contribution in [3.05, 3.63) is 71.0 Å². The molecule has 3 aromatic rings. The van der Waals surface area contributed by atoms with Crippen LogP contribution in [0.4, 0.5) is 10.1 Å². The normalized spacial score (nSPS) is 22.7. The van der Waals surface area contributed by atoms with Crippen molar-refractivity contribution in [3.8, 4) is 28.7 Å². The van der Waals surface area contributed by atoms with Crippen molar-refractivity contribution in [2.45, 2.75) is 12.0 Å². The zero-order valence-corrected chi connectivity index (χ0v) is 24.3. The van der Waals surface area contributed by atoms with Gasteiger partial charge in [-0.25, -0.2) is 4.39 Å². The monoisotopic (exact) mass is 594 g/mol. The number of ether oxygens (including phenoxy) is 5. The summed E-state index contributed by atoms with van der Waals surface area (Å²) in [7, 11) is 4.56. The van der Waals surface area contributed by atoms with Crippen LogP contribution in [0.2, 0.25) is 0 Å². The van der Waals surface area contributed by atoms with Crippen molar-refractivity contribution < 1.29 is 43.1 Å². The average Bonchev–Trinajstić information content (AvgIpc) is 3.51. The molecule has 228 valence electrons. The fraction of sp³-hybridized carbons (Fsp3) is 0.406. The van der Waals surface area contributed by atoms with E-state index in [9.17, 15) is 19.4 Å². The number of benzene rings is 3. The van der Waals surface area contributed by atoms with E-state index in [1.54, 1.807) is 47.4 Å². The molecular formula is C32H35FN2O8. The number of hydrogen-bond donors (Lipinski definition) is 2. The predicted octanol–water partition coefficient (Wildman–Crippen LogP) is 3.33. The highest BCUT2D eigenvalue weighted by atomic mass is 19.1. The molecule has 0 radical (unpaired) electrons. The van der Waals surface area contributed by atoms with Crippen LogP contribution < -0.4 is 28.6 Å². The van der Waals surface area contributed by atoms with Crippen molar-refractivity contribution in [2.24, 2.45) is 11.8 Å². The summed E-state index contributed by atoms with van der Waals surface area (Å²) >= 11 is 0. The largest absolute Gasteiger partial charge is 0.493 e. The number of aliphatic hydroxyl groups excluding tert-OH is 2. The van der Waals surface area contributed by atoms with Crippen LogP contribution in [0.25, 0.3) is 0 Å². The fourth-order valence-electron chi connectivity index (χ4n) is 6.66. The molecular weight excluding hydrogens is 559 g/mol. The molecule has 0 spiro atoms. The number of aliphatic hydroxyl groups is 2. The van der Waals surface area contributed by atoms with E-state index in [0.717, 1.165) is 0 Å². The summed E-state index contributed by atoms with van der Waals surface area (Å²) in [5, 5.41) is 22.3. The summed E-state index contributed by atoms with van der Waals surface area (Å²) < 4.78 is 42.6. The number of carbonyl (C=O) groups is 1. The maximum atomic E-state index is 14.5. The zero-order chi connectivity index (χ0) is 30.2. The molecule has 1 saturated heterocycles. The van der Waals surface area contributed by atoms with E-state index < -0.39 is 30.5 Å². The van der Waals surface area contributed by atoms with Gasteiger partial charge in [0.25, 0.3) is 0 Å². The van der Waals surface area contributed by atoms with Crippen LogP contribution in [0.3, 0.4) is 0 Å². The second kappa shape index (κ2) is 11.8. The third kappa shape index (κ3) is 4.96. The van der Waals surface area contributed by atoms with Gasteiger partial charge in [0.2, 0.25) is 18.4 Å². The van der Waals surface area contributed by atoms with Gasteiger partial charge < -0.3 is 43.7 Å². The van der Waals surface area contributed by atoms with Crippen molar-refractivity contribution in [1.29, 1.82) is 0 Å². The standard InChI is InChI=1S/C32H35FN2O8/c1-39-26-12-18(13-27(40-2)31(26)41-3)28-19-14-24-25(43-17-42-24)15-20(19)30(37)21(16-36)29(28)32(38)35-10-8-34(9-11-35)23-7-5-4-6-22(23)33/h4-7,12-15,21,28-30,36-37H,8-11,16-17H2,1-3H3. The predicted molar refractivity (Wildman–Crippen MR) is 155 cm³/mol. The van der Waals surface area contributed by atoms with Crippen LogP contribution in [-0.4, -0.2) is 81.9 Å². The van der Waals surface area contributed by atoms with Crippen LogP contribution in [0.1, 0.15) is 28.7 Å². The SMILES string of the molecule is COc1cc(C2c3cc4c(cc3C(O)C(CO)C2C(=O)N2CCN(c3ccccc3F)CC2)OCO4)cc(OC)c1OC. The minimum Gasteiger partial charge on any atom is -0.493 e. The van der Waals surface area contributed by atoms with Crippen molar-refractivity contribution >= 4 is 11.6 Å². The molecule has 3 aliphatic rings. The second-order valence-corrected chi connectivity index (χ2v) is 10.9. The van der Waals surface area contributed by atoms with Gasteiger partial charge in [-0.2, -0.15) is 0 Å². The lowest BCUT2D eigenvalue weighted by atomic mass is 9.64. The molecule has 3 aromatic carbocycles. The Hall–Kier alpha value is -4.22. The van der Waals surface area contributed by atoms with E-state index >= 15 is 0 Å². The smallest absolute Gasteiger partial charge is 0.231 e. The van der Waals surface area contributed by atoms with Gasteiger partial charge in [-0.05, 0) is 53.1 Å². The van der Waals surface area contributed by atoms with E-state index in [1.807, 2.05) is 4.90 Å². The van der Waals surface area contributed by atoms with E-state index in [4.69, 9.17) is 23.7 Å². The first kappa shape index (κ1) is 28.9. The molecule has 11 heteroatoms. The maximum absolute atomic E-state index is 14.5. The van der Waals surface area contributed by atoms with Gasteiger partial charge in [-0.1, -0.05) is 12.1 Å². The molecule has 0 aromatic heterocycles. The Morgan fingerprint density at radius 2 is 1.56 bits per heavy atom. The highest BCUT2D eigenvalue weighted by Gasteiger charge is 2.49. The second-order valence-electron chi connectivity index (χ2n) is 10.9. The highest BCUT2D eigenvalue weighted by Crippen LogP contribution is 2.54. The van der Waals surface area contributed by atoms with Gasteiger partial charge in [0, 0.05) is 44.6 Å². The van der Waals surface area contributed by atoms with Crippen LogP contribution in [-0.2, 0) is 4.79 Å². The molecule has 1 fully saturated rings. The van der Waals surface area contributed by atoms with E-state index in [-0.39, 0.29) is 18.5 Å². The lowest BCUT2D eigenvalue weighted by Crippen LogP contribution is -2.54. The van der Waals surface area contributed by atoms with E-state index in [2.05, 4.69) is 0 Å². The Morgan fingerprint density at radius 3 is 2.14 bits per heavy atom.